The molecule has 3 atom stereocenters. The molecule has 11 heteroatoms. The maximum absolute atomic E-state index is 12.7. The van der Waals surface area contributed by atoms with E-state index in [9.17, 15) is 18.4 Å². The van der Waals surface area contributed by atoms with Gasteiger partial charge in [0.2, 0.25) is 0 Å². The highest BCUT2D eigenvalue weighted by Gasteiger charge is 2.24. The van der Waals surface area contributed by atoms with Crippen molar-refractivity contribution < 1.29 is 32.6 Å². The normalized spacial score (nSPS) is 13.2. The second-order valence-corrected chi connectivity index (χ2v) is 10.1. The van der Waals surface area contributed by atoms with Crippen LogP contribution in [-0.4, -0.2) is 48.1 Å². The van der Waals surface area contributed by atoms with Crippen LogP contribution in [-0.2, 0) is 41.5 Å². The summed E-state index contributed by atoms with van der Waals surface area (Å²) in [5.41, 5.74) is 2.64. The molecule has 4 aromatic carbocycles. The lowest BCUT2D eigenvalue weighted by Gasteiger charge is -2.29. The van der Waals surface area contributed by atoms with Gasteiger partial charge in [0, 0.05) is 35.0 Å². The van der Waals surface area contributed by atoms with Crippen molar-refractivity contribution in [2.75, 3.05) is 31.0 Å². The molecule has 0 fully saturated rings. The van der Waals surface area contributed by atoms with Gasteiger partial charge in [0.15, 0.2) is 6.10 Å². The molecule has 0 saturated heterocycles. The van der Waals surface area contributed by atoms with Crippen LogP contribution in [0.1, 0.15) is 17.2 Å². The minimum Gasteiger partial charge on any atom is -0.755 e. The second-order valence-electron chi connectivity index (χ2n) is 8.94. The molecule has 0 aromatic heterocycles. The molecule has 41 heavy (non-hydrogen) atoms. The first-order valence-corrected chi connectivity index (χ1v) is 13.9. The fraction of sp³-hybridized carbons (Fsp3) is 0.200. The zero-order valence-electron chi connectivity index (χ0n) is 22.5. The number of fused-ring (bicyclic) bond motifs is 1. The number of methoxy groups -OCH3 is 3. The third-order valence-corrected chi connectivity index (χ3v) is 7.62. The van der Waals surface area contributed by atoms with Crippen LogP contribution in [0.15, 0.2) is 84.9 Å². The van der Waals surface area contributed by atoms with Crippen LogP contribution in [0, 0.1) is 0 Å². The molecule has 0 aliphatic rings. The van der Waals surface area contributed by atoms with Crippen molar-refractivity contribution >= 4 is 62.6 Å². The van der Waals surface area contributed by atoms with Gasteiger partial charge in [-0.3, -0.25) is 8.51 Å². The quantitative estimate of drug-likeness (QED) is 0.179. The molecule has 0 spiro atoms. The predicted octanol–water partition coefficient (Wildman–Crippen LogP) is 5.48. The Morgan fingerprint density at radius 1 is 0.878 bits per heavy atom. The van der Waals surface area contributed by atoms with E-state index in [4.69, 9.17) is 25.8 Å². The molecule has 0 aliphatic carbocycles. The first-order chi connectivity index (χ1) is 19.8. The molecular formula is C30H28ClN2O7S-. The Morgan fingerprint density at radius 2 is 1.51 bits per heavy atom. The summed E-state index contributed by atoms with van der Waals surface area (Å²) in [6.45, 7) is 0. The molecule has 9 nitrogen and oxygen atoms in total. The summed E-state index contributed by atoms with van der Waals surface area (Å²) in [6, 6.07) is 23.5. The lowest BCUT2D eigenvalue weighted by molar-refractivity contribution is -0.152. The fourth-order valence-electron chi connectivity index (χ4n) is 4.56. The number of esters is 2. The van der Waals surface area contributed by atoms with E-state index >= 15 is 0 Å². The molecule has 214 valence electrons. The molecule has 4 rings (SSSR count). The van der Waals surface area contributed by atoms with Crippen molar-refractivity contribution in [1.82, 2.24) is 0 Å². The van der Waals surface area contributed by atoms with Crippen molar-refractivity contribution in [2.45, 2.75) is 18.6 Å². The zero-order valence-corrected chi connectivity index (χ0v) is 24.1. The fourth-order valence-corrected chi connectivity index (χ4v) is 5.39. The second kappa shape index (κ2) is 13.6. The average Bonchev–Trinajstić information content (AvgIpc) is 2.99. The number of ether oxygens (including phenoxy) is 3. The SMILES string of the molecule is COC(=O)[C@H](Cc1ccccc1Cl)Nc1ccc(N(c2ccc([C@H](OC)C(=O)OC)cc2)S(=O)[O-])c2ccccc12. The monoisotopic (exact) mass is 595 g/mol. The minimum absolute atomic E-state index is 0.277. The third-order valence-electron chi connectivity index (χ3n) is 6.55. The van der Waals surface area contributed by atoms with E-state index in [0.717, 1.165) is 9.87 Å². The maximum Gasteiger partial charge on any atom is 0.339 e. The van der Waals surface area contributed by atoms with E-state index in [1.807, 2.05) is 30.3 Å². The Balaban J connectivity index is 1.72. The van der Waals surface area contributed by atoms with Gasteiger partial charge in [-0.05, 0) is 41.5 Å². The summed E-state index contributed by atoms with van der Waals surface area (Å²) in [5.74, 6) is -1.04. The number of hydrogen-bond donors (Lipinski definition) is 1. The van der Waals surface area contributed by atoms with Crippen LogP contribution < -0.4 is 9.62 Å². The van der Waals surface area contributed by atoms with Crippen molar-refractivity contribution in [3.63, 3.8) is 0 Å². The molecule has 4 aromatic rings. The largest absolute Gasteiger partial charge is 0.755 e. The first-order valence-electron chi connectivity index (χ1n) is 12.5. The molecular weight excluding hydrogens is 568 g/mol. The Labute approximate surface area is 245 Å². The molecule has 1 unspecified atom stereocenters. The molecule has 0 amide bonds. The van der Waals surface area contributed by atoms with Gasteiger partial charge >= 0.3 is 11.9 Å². The lowest BCUT2D eigenvalue weighted by atomic mass is 10.0. The molecule has 0 bridgehead atoms. The van der Waals surface area contributed by atoms with E-state index < -0.39 is 35.4 Å². The minimum atomic E-state index is -2.69. The number of nitrogens with zero attached hydrogens (tertiary/aromatic N) is 1. The van der Waals surface area contributed by atoms with E-state index in [2.05, 4.69) is 5.32 Å². The third kappa shape index (κ3) is 6.68. The first kappa shape index (κ1) is 30.0. The van der Waals surface area contributed by atoms with Crippen LogP contribution >= 0.6 is 11.6 Å². The van der Waals surface area contributed by atoms with Gasteiger partial charge in [0.1, 0.15) is 6.04 Å². The Bertz CT molecular complexity index is 1560. The molecule has 0 saturated carbocycles. The standard InChI is InChI=1S/C30H29ClN2O7S/c1-38-28(30(35)40-3)19-12-14-21(15-13-19)33(41(36)37)27-17-16-25(22-9-5-6-10-23(22)27)32-26(29(34)39-2)18-20-8-4-7-11-24(20)31/h4-17,26,28,32H,18H2,1-3H3,(H,36,37)/p-1/t26-,28-/m0/s1. The topological polar surface area (TPSA) is 117 Å². The van der Waals surface area contributed by atoms with Crippen LogP contribution in [0.3, 0.4) is 0 Å². The molecule has 0 radical (unpaired) electrons. The highest BCUT2D eigenvalue weighted by Crippen LogP contribution is 2.37. The summed E-state index contributed by atoms with van der Waals surface area (Å²) in [5, 5.41) is 5.11. The zero-order chi connectivity index (χ0) is 29.5. The number of anilines is 3. The maximum atomic E-state index is 12.7. The van der Waals surface area contributed by atoms with Gasteiger partial charge in [-0.1, -0.05) is 66.2 Å². The average molecular weight is 596 g/mol. The number of benzene rings is 4. The summed E-state index contributed by atoms with van der Waals surface area (Å²) in [7, 11) is 3.96. The van der Waals surface area contributed by atoms with Gasteiger partial charge in [-0.2, -0.15) is 0 Å². The van der Waals surface area contributed by atoms with Crippen molar-refractivity contribution in [1.29, 1.82) is 0 Å². The molecule has 0 aliphatic heterocycles. The highest BCUT2D eigenvalue weighted by atomic mass is 35.5. The van der Waals surface area contributed by atoms with E-state index in [1.54, 1.807) is 54.6 Å². The van der Waals surface area contributed by atoms with Gasteiger partial charge in [-0.15, -0.1) is 0 Å². The molecule has 0 heterocycles. The van der Waals surface area contributed by atoms with Gasteiger partial charge in [0.25, 0.3) is 0 Å². The number of nitrogens with one attached hydrogen (secondary N) is 1. The number of halogens is 1. The van der Waals surface area contributed by atoms with Crippen molar-refractivity contribution in [3.8, 4) is 0 Å². The summed E-state index contributed by atoms with van der Waals surface area (Å²) in [4.78, 5) is 24.8. The number of carbonyl (C=O) groups excluding carboxylic acids is 2. The Hall–Kier alpha value is -3.96. The number of carbonyl (C=O) groups is 2. The van der Waals surface area contributed by atoms with Crippen LogP contribution in [0.4, 0.5) is 17.1 Å². The Morgan fingerprint density at radius 3 is 2.12 bits per heavy atom. The Kier molecular flexibility index (Phi) is 9.95. The van der Waals surface area contributed by atoms with Crippen LogP contribution in [0.2, 0.25) is 5.02 Å². The highest BCUT2D eigenvalue weighted by molar-refractivity contribution is 7.81. The van der Waals surface area contributed by atoms with Crippen LogP contribution in [0.5, 0.6) is 0 Å². The number of hydrogen-bond acceptors (Lipinski definition) is 8. The summed E-state index contributed by atoms with van der Waals surface area (Å²) >= 11 is 3.65. The lowest BCUT2D eigenvalue weighted by Crippen LogP contribution is -2.33. The summed E-state index contributed by atoms with van der Waals surface area (Å²) < 4.78 is 41.3. The van der Waals surface area contributed by atoms with Gasteiger partial charge in [-0.25, -0.2) is 9.59 Å². The van der Waals surface area contributed by atoms with E-state index in [0.29, 0.717) is 38.4 Å². The summed E-state index contributed by atoms with van der Waals surface area (Å²) in [6.07, 6.45) is -0.667. The van der Waals surface area contributed by atoms with E-state index in [-0.39, 0.29) is 6.42 Å². The van der Waals surface area contributed by atoms with Crippen LogP contribution in [0.25, 0.3) is 10.8 Å². The smallest absolute Gasteiger partial charge is 0.339 e. The predicted molar refractivity (Wildman–Crippen MR) is 158 cm³/mol. The van der Waals surface area contributed by atoms with Gasteiger partial charge < -0.3 is 24.1 Å². The van der Waals surface area contributed by atoms with Gasteiger partial charge in [0.05, 0.1) is 36.9 Å². The molecule has 1 N–H and O–H groups in total. The van der Waals surface area contributed by atoms with E-state index in [1.165, 1.54) is 21.3 Å². The number of rotatable bonds is 11. The van der Waals surface area contributed by atoms with Crippen molar-refractivity contribution in [2.24, 2.45) is 0 Å². The van der Waals surface area contributed by atoms with Crippen molar-refractivity contribution in [3.05, 3.63) is 101 Å².